The second kappa shape index (κ2) is 68.6. The first-order valence-corrected chi connectivity index (χ1v) is 35.3. The van der Waals surface area contributed by atoms with Gasteiger partial charge in [-0.15, -0.1) is 0 Å². The summed E-state index contributed by atoms with van der Waals surface area (Å²) in [5.41, 5.74) is 0. The first kappa shape index (κ1) is 77.1. The van der Waals surface area contributed by atoms with E-state index in [4.69, 9.17) is 14.2 Å². The molecule has 0 spiro atoms. The van der Waals surface area contributed by atoms with E-state index >= 15 is 0 Å². The number of rotatable bonds is 65. The fourth-order valence-corrected chi connectivity index (χ4v) is 10.5. The molecule has 0 saturated carbocycles. The number of allylic oxidation sites excluding steroid dienone is 10. The molecule has 1 unspecified atom stereocenters. The lowest BCUT2D eigenvalue weighted by atomic mass is 10.0. The van der Waals surface area contributed by atoms with Crippen LogP contribution in [0.2, 0.25) is 0 Å². The van der Waals surface area contributed by atoms with Crippen molar-refractivity contribution in [3.8, 4) is 0 Å². The molecule has 0 aromatic heterocycles. The molecule has 0 rings (SSSR count). The molecule has 0 radical (unpaired) electrons. The maximum absolute atomic E-state index is 12.9. The van der Waals surface area contributed by atoms with Gasteiger partial charge in [0.2, 0.25) is 0 Å². The Morgan fingerprint density at radius 3 is 0.775 bits per heavy atom. The number of carbonyl (C=O) groups is 3. The second-order valence-electron chi connectivity index (χ2n) is 23.8. The SMILES string of the molecule is CC/C=C\C/C=C\C/C=C\C/C=C\CCCCCCCCCCCCCCCCC(=O)OCC(COC(=O)CCCCCCCCCCCCCC)OC(=O)CCCCCCCCCCCCC/C=C\CCCCCCCCCC. The van der Waals surface area contributed by atoms with Crippen LogP contribution in [0, 0.1) is 0 Å². The van der Waals surface area contributed by atoms with Crippen LogP contribution in [0.4, 0.5) is 0 Å². The minimum atomic E-state index is -0.773. The van der Waals surface area contributed by atoms with E-state index in [1.807, 2.05) is 0 Å². The standard InChI is InChI=1S/C74H134O6/c1-4-7-10-13-16-19-22-25-27-29-31-33-35-36-37-38-40-41-43-45-47-49-52-55-58-61-64-67-73(76)79-70-71(69-78-72(75)66-63-60-57-54-51-24-21-18-15-12-9-6-3)80-74(77)68-65-62-59-56-53-50-48-46-44-42-39-34-32-30-28-26-23-20-17-14-11-8-5-2/h7,10,16,19,25,27,30-33,71H,4-6,8-9,11-15,17-18,20-24,26,28-29,34-70H2,1-3H3/b10-7-,19-16-,27-25-,32-30-,33-31-. The number of ether oxygens (including phenoxy) is 3. The highest BCUT2D eigenvalue weighted by atomic mass is 16.6. The van der Waals surface area contributed by atoms with Crippen LogP contribution in [0.5, 0.6) is 0 Å². The van der Waals surface area contributed by atoms with Gasteiger partial charge in [-0.1, -0.05) is 332 Å². The molecule has 80 heavy (non-hydrogen) atoms. The molecule has 6 nitrogen and oxygen atoms in total. The minimum absolute atomic E-state index is 0.0691. The van der Waals surface area contributed by atoms with Gasteiger partial charge in [0.25, 0.3) is 0 Å². The van der Waals surface area contributed by atoms with Gasteiger partial charge in [0.1, 0.15) is 13.2 Å². The normalized spacial score (nSPS) is 12.4. The van der Waals surface area contributed by atoms with Crippen LogP contribution in [0.25, 0.3) is 0 Å². The molecule has 0 N–H and O–H groups in total. The van der Waals surface area contributed by atoms with Gasteiger partial charge in [-0.2, -0.15) is 0 Å². The third-order valence-electron chi connectivity index (χ3n) is 15.8. The Bertz CT molecular complexity index is 1430. The third kappa shape index (κ3) is 65.9. The molecular formula is C74H134O6. The van der Waals surface area contributed by atoms with Gasteiger partial charge >= 0.3 is 17.9 Å². The summed E-state index contributed by atoms with van der Waals surface area (Å²) in [6.07, 6.45) is 88.2. The van der Waals surface area contributed by atoms with Gasteiger partial charge in [0.15, 0.2) is 6.10 Å². The fourth-order valence-electron chi connectivity index (χ4n) is 10.5. The second-order valence-corrected chi connectivity index (χ2v) is 23.8. The Kier molecular flexibility index (Phi) is 66.1. The van der Waals surface area contributed by atoms with Crippen molar-refractivity contribution < 1.29 is 28.6 Å². The van der Waals surface area contributed by atoms with Crippen molar-refractivity contribution in [1.82, 2.24) is 0 Å². The zero-order valence-corrected chi connectivity index (χ0v) is 53.6. The van der Waals surface area contributed by atoms with Gasteiger partial charge in [-0.05, 0) is 83.5 Å². The summed E-state index contributed by atoms with van der Waals surface area (Å²) in [6, 6.07) is 0. The van der Waals surface area contributed by atoms with Gasteiger partial charge in [0.05, 0.1) is 0 Å². The molecule has 0 aliphatic carbocycles. The van der Waals surface area contributed by atoms with E-state index < -0.39 is 6.10 Å². The van der Waals surface area contributed by atoms with Crippen molar-refractivity contribution in [2.24, 2.45) is 0 Å². The topological polar surface area (TPSA) is 78.9 Å². The number of unbranched alkanes of at least 4 members (excludes halogenated alkanes) is 44. The summed E-state index contributed by atoms with van der Waals surface area (Å²) in [4.78, 5) is 38.4. The molecule has 6 heteroatoms. The Labute approximate surface area is 498 Å². The molecule has 0 aliphatic heterocycles. The van der Waals surface area contributed by atoms with Crippen LogP contribution >= 0.6 is 0 Å². The predicted octanol–water partition coefficient (Wildman–Crippen LogP) is 24.3. The summed E-state index contributed by atoms with van der Waals surface area (Å²) >= 11 is 0. The van der Waals surface area contributed by atoms with E-state index in [0.29, 0.717) is 19.3 Å². The Morgan fingerprint density at radius 2 is 0.487 bits per heavy atom. The predicted molar refractivity (Wildman–Crippen MR) is 348 cm³/mol. The van der Waals surface area contributed by atoms with Crippen molar-refractivity contribution in [3.63, 3.8) is 0 Å². The quantitative estimate of drug-likeness (QED) is 0.0261. The lowest BCUT2D eigenvalue weighted by molar-refractivity contribution is -0.167. The summed E-state index contributed by atoms with van der Waals surface area (Å²) < 4.78 is 17.0. The smallest absolute Gasteiger partial charge is 0.306 e. The van der Waals surface area contributed by atoms with Crippen molar-refractivity contribution >= 4 is 17.9 Å². The van der Waals surface area contributed by atoms with Gasteiger partial charge < -0.3 is 14.2 Å². The number of hydrogen-bond donors (Lipinski definition) is 0. The van der Waals surface area contributed by atoms with Crippen LogP contribution in [0.15, 0.2) is 60.8 Å². The average Bonchev–Trinajstić information content (AvgIpc) is 3.46. The monoisotopic (exact) mass is 1120 g/mol. The largest absolute Gasteiger partial charge is 0.462 e. The van der Waals surface area contributed by atoms with Crippen molar-refractivity contribution in [2.45, 2.75) is 380 Å². The Hall–Kier alpha value is -2.89. The maximum atomic E-state index is 12.9. The third-order valence-corrected chi connectivity index (χ3v) is 15.8. The lowest BCUT2D eigenvalue weighted by Gasteiger charge is -2.18. The molecule has 0 aromatic rings. The van der Waals surface area contributed by atoms with Crippen molar-refractivity contribution in [2.75, 3.05) is 13.2 Å². The Balaban J connectivity index is 4.22. The number of esters is 3. The summed E-state index contributed by atoms with van der Waals surface area (Å²) in [6.45, 7) is 6.58. The highest BCUT2D eigenvalue weighted by molar-refractivity contribution is 5.71. The van der Waals surface area contributed by atoms with Gasteiger partial charge in [-0.3, -0.25) is 14.4 Å². The van der Waals surface area contributed by atoms with E-state index in [1.165, 1.54) is 250 Å². The highest BCUT2D eigenvalue weighted by Crippen LogP contribution is 2.18. The zero-order chi connectivity index (χ0) is 57.8. The first-order valence-electron chi connectivity index (χ1n) is 35.3. The van der Waals surface area contributed by atoms with E-state index in [-0.39, 0.29) is 31.1 Å². The van der Waals surface area contributed by atoms with Crippen LogP contribution < -0.4 is 0 Å². The average molecular weight is 1120 g/mol. The summed E-state index contributed by atoms with van der Waals surface area (Å²) in [5, 5.41) is 0. The molecule has 0 aromatic carbocycles. The number of carbonyl (C=O) groups excluding carboxylic acids is 3. The molecular weight excluding hydrogens is 985 g/mol. The van der Waals surface area contributed by atoms with Crippen LogP contribution in [-0.4, -0.2) is 37.2 Å². The molecule has 1 atom stereocenters. The summed E-state index contributed by atoms with van der Waals surface area (Å²) in [7, 11) is 0. The van der Waals surface area contributed by atoms with E-state index in [1.54, 1.807) is 0 Å². The highest BCUT2D eigenvalue weighted by Gasteiger charge is 2.19. The fraction of sp³-hybridized carbons (Fsp3) is 0.824. The Morgan fingerprint density at radius 1 is 0.263 bits per heavy atom. The maximum Gasteiger partial charge on any atom is 0.306 e. The molecule has 0 saturated heterocycles. The lowest BCUT2D eigenvalue weighted by Crippen LogP contribution is -2.30. The molecule has 0 bridgehead atoms. The van der Waals surface area contributed by atoms with E-state index in [9.17, 15) is 14.4 Å². The van der Waals surface area contributed by atoms with Gasteiger partial charge in [0, 0.05) is 19.3 Å². The van der Waals surface area contributed by atoms with Crippen molar-refractivity contribution in [3.05, 3.63) is 60.8 Å². The molecule has 0 heterocycles. The zero-order valence-electron chi connectivity index (χ0n) is 53.6. The van der Waals surface area contributed by atoms with E-state index in [2.05, 4.69) is 81.5 Å². The molecule has 466 valence electrons. The minimum Gasteiger partial charge on any atom is -0.462 e. The van der Waals surface area contributed by atoms with Crippen LogP contribution in [0.3, 0.4) is 0 Å². The molecule has 0 amide bonds. The van der Waals surface area contributed by atoms with Gasteiger partial charge in [-0.25, -0.2) is 0 Å². The van der Waals surface area contributed by atoms with Crippen LogP contribution in [-0.2, 0) is 28.6 Å². The molecule has 0 aliphatic rings. The van der Waals surface area contributed by atoms with E-state index in [0.717, 1.165) is 83.5 Å². The summed E-state index contributed by atoms with van der Waals surface area (Å²) in [5.74, 6) is -0.846. The molecule has 0 fully saturated rings. The number of hydrogen-bond acceptors (Lipinski definition) is 6. The van der Waals surface area contributed by atoms with Crippen molar-refractivity contribution in [1.29, 1.82) is 0 Å². The van der Waals surface area contributed by atoms with Crippen LogP contribution in [0.1, 0.15) is 374 Å². The first-order chi connectivity index (χ1) is 39.5.